The molecule has 0 unspecified atom stereocenters. The van der Waals surface area contributed by atoms with E-state index in [1.807, 2.05) is 18.2 Å². The summed E-state index contributed by atoms with van der Waals surface area (Å²) in [5, 5.41) is 9.27. The predicted octanol–water partition coefficient (Wildman–Crippen LogP) is 2.33. The molecule has 1 N–H and O–H groups in total. The average Bonchev–Trinajstić information content (AvgIpc) is 2.57. The van der Waals surface area contributed by atoms with E-state index < -0.39 is 8.24 Å². The van der Waals surface area contributed by atoms with Gasteiger partial charge < -0.3 is 5.40 Å². The Kier molecular flexibility index (Phi) is 8.10. The van der Waals surface area contributed by atoms with E-state index in [4.69, 9.17) is 0 Å². The molecule has 0 amide bonds. The fourth-order valence-corrected chi connectivity index (χ4v) is 6.57. The van der Waals surface area contributed by atoms with Gasteiger partial charge in [-0.1, -0.05) is 126 Å². The molecule has 0 heterocycles. The first-order valence-electron chi connectivity index (χ1n) is 8.10. The van der Waals surface area contributed by atoms with Crippen LogP contribution in [0, 0.1) is 0 Å². The second-order valence-corrected chi connectivity index (χ2v) is 9.89. The third-order valence-corrected chi connectivity index (χ3v) is 7.41. The van der Waals surface area contributed by atoms with Crippen LogP contribution in [-0.2, 0) is 18.1 Å². The van der Waals surface area contributed by atoms with Crippen molar-refractivity contribution in [3.63, 3.8) is 0 Å². The van der Waals surface area contributed by atoms with E-state index in [9.17, 15) is 5.40 Å². The van der Waals surface area contributed by atoms with E-state index in [-0.39, 0.29) is 51.4 Å². The zero-order valence-electron chi connectivity index (χ0n) is 14.3. The van der Waals surface area contributed by atoms with Gasteiger partial charge in [0.25, 0.3) is 0 Å². The van der Waals surface area contributed by atoms with Crippen molar-refractivity contribution < 1.29 is 51.4 Å². The summed E-state index contributed by atoms with van der Waals surface area (Å²) in [6, 6.07) is 34.3. The van der Waals surface area contributed by atoms with Gasteiger partial charge >= 0.3 is 51.4 Å². The zero-order chi connectivity index (χ0) is 16.0. The molecular weight excluding hydrogens is 333 g/mol. The first-order valence-corrected chi connectivity index (χ1v) is 10.7. The minimum absolute atomic E-state index is 0. The Hall–Kier alpha value is -0.527. The first-order chi connectivity index (χ1) is 11.2. The molecule has 3 aromatic rings. The second-order valence-electron chi connectivity index (χ2n) is 6.27. The Bertz CT molecular complexity index is 615. The molecule has 0 bridgehead atoms. The molecule has 0 atom stereocenters. The topological polar surface area (TPSA) is 23.8 Å². The summed E-state index contributed by atoms with van der Waals surface area (Å²) in [4.78, 5) is 0. The van der Waals surface area contributed by atoms with Crippen molar-refractivity contribution >= 4 is 8.24 Å². The Morgan fingerprint density at radius 3 is 1.00 bits per heavy atom. The van der Waals surface area contributed by atoms with Crippen molar-refractivity contribution in [2.75, 3.05) is 0 Å². The molecule has 0 saturated carbocycles. The Morgan fingerprint density at radius 2 is 0.750 bits per heavy atom. The van der Waals surface area contributed by atoms with Gasteiger partial charge in [0, 0.05) is 0 Å². The van der Waals surface area contributed by atoms with Crippen molar-refractivity contribution in [1.82, 2.24) is 0 Å². The monoisotopic (exact) mass is 355 g/mol. The second kappa shape index (κ2) is 9.83. The number of hydrogen-bond donors (Lipinski definition) is 0. The molecule has 0 spiro atoms. The van der Waals surface area contributed by atoms with Crippen LogP contribution < -0.4 is 51.4 Å². The summed E-state index contributed by atoms with van der Waals surface area (Å²) in [5.74, 6) is 0. The van der Waals surface area contributed by atoms with Crippen LogP contribution in [-0.4, -0.2) is 8.24 Å². The fraction of sp³-hybridized carbons (Fsp3) is 0.143. The van der Waals surface area contributed by atoms with E-state index in [1.54, 1.807) is 0 Å². The number of benzene rings is 3. The van der Waals surface area contributed by atoms with Crippen molar-refractivity contribution in [2.45, 2.75) is 18.1 Å². The van der Waals surface area contributed by atoms with E-state index in [2.05, 4.69) is 72.8 Å². The van der Waals surface area contributed by atoms with Gasteiger partial charge in [-0.05, 0) is 8.24 Å². The fourth-order valence-electron chi connectivity index (χ4n) is 3.15. The molecule has 0 fully saturated rings. The van der Waals surface area contributed by atoms with Crippen molar-refractivity contribution in [2.24, 2.45) is 0 Å². The molecule has 116 valence electrons. The Morgan fingerprint density at radius 1 is 0.500 bits per heavy atom. The number of hydrogen-bond acceptors (Lipinski definition) is 0. The summed E-state index contributed by atoms with van der Waals surface area (Å²) >= 11 is 0. The van der Waals surface area contributed by atoms with Gasteiger partial charge in [0.2, 0.25) is 0 Å². The van der Waals surface area contributed by atoms with Crippen LogP contribution in [0.5, 0.6) is 0 Å². The minimum atomic E-state index is -2.22. The first kappa shape index (κ1) is 19.8. The van der Waals surface area contributed by atoms with Crippen molar-refractivity contribution in [1.29, 1.82) is 0 Å². The molecule has 24 heavy (non-hydrogen) atoms. The van der Waals surface area contributed by atoms with Gasteiger partial charge in [0.15, 0.2) is 0 Å². The van der Waals surface area contributed by atoms with Crippen LogP contribution in [0.25, 0.3) is 5.40 Å². The van der Waals surface area contributed by atoms with Gasteiger partial charge in [-0.15, -0.1) is 0 Å². The Labute approximate surface area is 188 Å². The number of nitrogens with one attached hydrogen (secondary N) is 1. The molecular formula is C21H22KNSi. The molecule has 0 aromatic heterocycles. The van der Waals surface area contributed by atoms with Crippen LogP contribution in [0.2, 0.25) is 0 Å². The van der Waals surface area contributed by atoms with Crippen LogP contribution >= 0.6 is 0 Å². The van der Waals surface area contributed by atoms with Gasteiger partial charge in [-0.25, -0.2) is 0 Å². The summed E-state index contributed by atoms with van der Waals surface area (Å²) in [6.45, 7) is 0. The maximum atomic E-state index is 9.27. The third kappa shape index (κ3) is 6.08. The summed E-state index contributed by atoms with van der Waals surface area (Å²) in [6.07, 6.45) is 0. The SMILES string of the molecule is [K+].[NH-][Si](Cc1ccccc1)(Cc1ccccc1)Cc1ccccc1. The average molecular weight is 356 g/mol. The molecule has 1 nitrogen and oxygen atoms in total. The van der Waals surface area contributed by atoms with Crippen molar-refractivity contribution in [3.8, 4) is 0 Å². The normalized spacial score (nSPS) is 10.9. The maximum absolute atomic E-state index is 9.27. The third-order valence-electron chi connectivity index (χ3n) is 4.16. The van der Waals surface area contributed by atoms with E-state index in [0.29, 0.717) is 0 Å². The zero-order valence-corrected chi connectivity index (χ0v) is 18.4. The standard InChI is InChI=1S/C21H22NSi.K/c22-23(16-19-10-4-1-5-11-19,17-20-12-6-2-7-13-20)18-21-14-8-3-9-15-21;/h1-15,22H,16-18H2;/q-1;+1. The van der Waals surface area contributed by atoms with Crippen LogP contribution in [0.1, 0.15) is 16.7 Å². The summed E-state index contributed by atoms with van der Waals surface area (Å²) in [7, 11) is -2.22. The van der Waals surface area contributed by atoms with E-state index >= 15 is 0 Å². The van der Waals surface area contributed by atoms with Gasteiger partial charge in [-0.2, -0.15) is 0 Å². The molecule has 0 aliphatic carbocycles. The van der Waals surface area contributed by atoms with E-state index in [1.165, 1.54) is 16.7 Å². The maximum Gasteiger partial charge on any atom is 1.00 e. The van der Waals surface area contributed by atoms with E-state index in [0.717, 1.165) is 18.1 Å². The van der Waals surface area contributed by atoms with Crippen LogP contribution in [0.15, 0.2) is 91.0 Å². The molecule has 0 saturated heterocycles. The molecule has 0 radical (unpaired) electrons. The van der Waals surface area contributed by atoms with Gasteiger partial charge in [0.05, 0.1) is 0 Å². The number of rotatable bonds is 6. The Balaban J connectivity index is 0.00000208. The van der Waals surface area contributed by atoms with Crippen molar-refractivity contribution in [3.05, 3.63) is 113 Å². The molecule has 0 aliphatic rings. The smallest absolute Gasteiger partial charge is 0.679 e. The van der Waals surface area contributed by atoms with Crippen LogP contribution in [0.4, 0.5) is 0 Å². The predicted molar refractivity (Wildman–Crippen MR) is 101 cm³/mol. The summed E-state index contributed by atoms with van der Waals surface area (Å²) in [5.41, 5.74) is 3.88. The molecule has 0 aliphatic heterocycles. The largest absolute Gasteiger partial charge is 1.00 e. The molecule has 3 heteroatoms. The van der Waals surface area contributed by atoms with Gasteiger partial charge in [0.1, 0.15) is 0 Å². The molecule has 3 rings (SSSR count). The quantitative estimate of drug-likeness (QED) is 0.606. The van der Waals surface area contributed by atoms with Crippen LogP contribution in [0.3, 0.4) is 0 Å². The summed E-state index contributed by atoms with van der Waals surface area (Å²) < 4.78 is 0. The minimum Gasteiger partial charge on any atom is -0.679 e. The molecule has 3 aromatic carbocycles. The van der Waals surface area contributed by atoms with Gasteiger partial charge in [-0.3, -0.25) is 0 Å².